The molecule has 156 valence electrons. The minimum absolute atomic E-state index is 0.124. The Morgan fingerprint density at radius 3 is 2.38 bits per heavy atom. The van der Waals surface area contributed by atoms with Gasteiger partial charge in [0.1, 0.15) is 0 Å². The number of carbonyl (C=O) groups is 1. The summed E-state index contributed by atoms with van der Waals surface area (Å²) in [5.41, 5.74) is 2.91. The summed E-state index contributed by atoms with van der Waals surface area (Å²) in [5, 5.41) is 0. The van der Waals surface area contributed by atoms with E-state index in [1.807, 2.05) is 25.1 Å². The van der Waals surface area contributed by atoms with Crippen molar-refractivity contribution < 1.29 is 13.2 Å². The summed E-state index contributed by atoms with van der Waals surface area (Å²) >= 11 is 0. The van der Waals surface area contributed by atoms with Crippen LogP contribution in [0.1, 0.15) is 27.2 Å². The fraction of sp³-hybridized carbons (Fsp3) is 0.429. The molecule has 0 radical (unpaired) electrons. The van der Waals surface area contributed by atoms with Gasteiger partial charge in [-0.15, -0.1) is 0 Å². The number of piperazine rings is 1. The quantitative estimate of drug-likeness (QED) is 0.744. The average Bonchev–Trinajstić information content (AvgIpc) is 2.70. The minimum atomic E-state index is -3.61. The van der Waals surface area contributed by atoms with E-state index in [-0.39, 0.29) is 10.8 Å². The van der Waals surface area contributed by atoms with Gasteiger partial charge in [0.15, 0.2) is 0 Å². The number of rotatable bonds is 5. The molecule has 1 saturated heterocycles. The highest BCUT2D eigenvalue weighted by Gasteiger charge is 2.26. The molecule has 0 N–H and O–H groups in total. The van der Waals surface area contributed by atoms with Crippen LogP contribution in [0.4, 0.5) is 0 Å². The normalized spacial score (nSPS) is 15.7. The van der Waals surface area contributed by atoms with E-state index in [2.05, 4.69) is 9.88 Å². The zero-order valence-corrected chi connectivity index (χ0v) is 18.2. The minimum Gasteiger partial charge on any atom is -0.336 e. The number of amides is 1. The molecule has 8 heteroatoms. The Morgan fingerprint density at radius 2 is 1.79 bits per heavy atom. The van der Waals surface area contributed by atoms with Crippen LogP contribution < -0.4 is 0 Å². The first kappa shape index (κ1) is 21.4. The van der Waals surface area contributed by atoms with Crippen LogP contribution in [-0.2, 0) is 16.6 Å². The fourth-order valence-corrected chi connectivity index (χ4v) is 4.64. The first-order chi connectivity index (χ1) is 13.7. The molecular weight excluding hydrogens is 388 g/mol. The number of hydrogen-bond acceptors (Lipinski definition) is 5. The first-order valence-corrected chi connectivity index (χ1v) is 11.1. The second kappa shape index (κ2) is 8.61. The summed E-state index contributed by atoms with van der Waals surface area (Å²) in [7, 11) is -0.614. The summed E-state index contributed by atoms with van der Waals surface area (Å²) in [6.07, 6.45) is 1.79. The van der Waals surface area contributed by atoms with Crippen LogP contribution in [0.5, 0.6) is 0 Å². The Hall–Kier alpha value is -2.29. The molecule has 0 unspecified atom stereocenters. The van der Waals surface area contributed by atoms with E-state index in [9.17, 15) is 13.2 Å². The molecule has 0 aliphatic carbocycles. The third kappa shape index (κ3) is 4.66. The number of aromatic nitrogens is 1. The second-order valence-electron chi connectivity index (χ2n) is 7.59. The summed E-state index contributed by atoms with van der Waals surface area (Å²) in [5.74, 6) is -0.124. The lowest BCUT2D eigenvalue weighted by Gasteiger charge is -2.34. The van der Waals surface area contributed by atoms with Crippen molar-refractivity contribution in [3.05, 3.63) is 58.9 Å². The molecule has 0 saturated carbocycles. The Bertz CT molecular complexity index is 982. The van der Waals surface area contributed by atoms with E-state index in [0.717, 1.165) is 30.9 Å². The Labute approximate surface area is 173 Å². The smallest absolute Gasteiger partial charge is 0.253 e. The lowest BCUT2D eigenvalue weighted by atomic mass is 10.0. The van der Waals surface area contributed by atoms with Crippen molar-refractivity contribution in [3.63, 3.8) is 0 Å². The van der Waals surface area contributed by atoms with Gasteiger partial charge in [-0.05, 0) is 49.2 Å². The van der Waals surface area contributed by atoms with E-state index < -0.39 is 10.0 Å². The molecule has 2 aromatic rings. The van der Waals surface area contributed by atoms with Crippen LogP contribution in [0.3, 0.4) is 0 Å². The summed E-state index contributed by atoms with van der Waals surface area (Å²) in [6.45, 7) is 7.11. The zero-order chi connectivity index (χ0) is 21.2. The van der Waals surface area contributed by atoms with Gasteiger partial charge < -0.3 is 4.90 Å². The highest BCUT2D eigenvalue weighted by Crippen LogP contribution is 2.24. The maximum Gasteiger partial charge on any atom is 0.253 e. The van der Waals surface area contributed by atoms with E-state index in [4.69, 9.17) is 0 Å². The van der Waals surface area contributed by atoms with Crippen molar-refractivity contribution in [2.75, 3.05) is 40.3 Å². The number of hydrogen-bond donors (Lipinski definition) is 0. The third-order valence-electron chi connectivity index (χ3n) is 5.40. The van der Waals surface area contributed by atoms with Crippen molar-refractivity contribution in [2.45, 2.75) is 25.3 Å². The molecule has 0 spiro atoms. The van der Waals surface area contributed by atoms with E-state index in [0.29, 0.717) is 24.2 Å². The molecule has 2 heterocycles. The summed E-state index contributed by atoms with van der Waals surface area (Å²) in [4.78, 5) is 21.7. The first-order valence-electron chi connectivity index (χ1n) is 9.65. The van der Waals surface area contributed by atoms with Crippen molar-refractivity contribution >= 4 is 15.9 Å². The molecule has 29 heavy (non-hydrogen) atoms. The number of pyridine rings is 1. The number of benzene rings is 1. The molecular formula is C21H28N4O3S. The Kier molecular flexibility index (Phi) is 6.36. The monoisotopic (exact) mass is 416 g/mol. The molecule has 0 atom stereocenters. The largest absolute Gasteiger partial charge is 0.336 e. The number of sulfonamides is 1. The van der Waals surface area contributed by atoms with Crippen LogP contribution >= 0.6 is 0 Å². The topological polar surface area (TPSA) is 73.8 Å². The van der Waals surface area contributed by atoms with Gasteiger partial charge in [0.05, 0.1) is 10.6 Å². The lowest BCUT2D eigenvalue weighted by Crippen LogP contribution is -2.48. The number of carbonyl (C=O) groups excluding carboxylic acids is 1. The molecule has 1 aromatic heterocycles. The van der Waals surface area contributed by atoms with Crippen molar-refractivity contribution in [2.24, 2.45) is 0 Å². The van der Waals surface area contributed by atoms with Gasteiger partial charge in [-0.25, -0.2) is 12.7 Å². The van der Waals surface area contributed by atoms with Gasteiger partial charge in [0.25, 0.3) is 5.91 Å². The number of aryl methyl sites for hydroxylation is 1. The second-order valence-corrected chi connectivity index (χ2v) is 9.71. The molecule has 7 nitrogen and oxygen atoms in total. The SMILES string of the molecule is Cc1cc(C(=O)N2CCN(Cc3ccccn3)CC2)cc(S(=O)(=O)N(C)C)c1C. The van der Waals surface area contributed by atoms with Crippen molar-refractivity contribution in [1.29, 1.82) is 0 Å². The summed E-state index contributed by atoms with van der Waals surface area (Å²) < 4.78 is 26.5. The molecule has 1 aliphatic heterocycles. The van der Waals surface area contributed by atoms with Gasteiger partial charge in [-0.3, -0.25) is 14.7 Å². The van der Waals surface area contributed by atoms with Crippen LogP contribution in [-0.4, -0.2) is 73.7 Å². The predicted octanol–water partition coefficient (Wildman–Crippen LogP) is 1.91. The maximum atomic E-state index is 13.1. The van der Waals surface area contributed by atoms with Gasteiger partial charge in [-0.2, -0.15) is 0 Å². The van der Waals surface area contributed by atoms with E-state index in [1.54, 1.807) is 24.1 Å². The molecule has 1 amide bonds. The predicted molar refractivity (Wildman–Crippen MR) is 112 cm³/mol. The van der Waals surface area contributed by atoms with Crippen LogP contribution in [0.15, 0.2) is 41.4 Å². The van der Waals surface area contributed by atoms with Gasteiger partial charge >= 0.3 is 0 Å². The Balaban J connectivity index is 1.74. The van der Waals surface area contributed by atoms with Crippen LogP contribution in [0.2, 0.25) is 0 Å². The maximum absolute atomic E-state index is 13.1. The average molecular weight is 417 g/mol. The lowest BCUT2D eigenvalue weighted by molar-refractivity contribution is 0.0626. The molecule has 0 bridgehead atoms. The highest BCUT2D eigenvalue weighted by atomic mass is 32.2. The summed E-state index contributed by atoms with van der Waals surface area (Å²) in [6, 6.07) is 9.17. The van der Waals surface area contributed by atoms with Crippen molar-refractivity contribution in [1.82, 2.24) is 19.1 Å². The standard InChI is InChI=1S/C21H28N4O3S/c1-16-13-18(14-20(17(16)2)29(27,28)23(3)4)21(26)25-11-9-24(10-12-25)15-19-7-5-6-8-22-19/h5-8,13-14H,9-12,15H2,1-4H3. The van der Waals surface area contributed by atoms with Gasteiger partial charge in [-0.1, -0.05) is 6.07 Å². The van der Waals surface area contributed by atoms with E-state index in [1.165, 1.54) is 24.5 Å². The van der Waals surface area contributed by atoms with E-state index >= 15 is 0 Å². The molecule has 1 fully saturated rings. The zero-order valence-electron chi connectivity index (χ0n) is 17.4. The fourth-order valence-electron chi connectivity index (χ4n) is 3.43. The third-order valence-corrected chi connectivity index (χ3v) is 7.34. The van der Waals surface area contributed by atoms with Gasteiger partial charge in [0, 0.05) is 58.6 Å². The Morgan fingerprint density at radius 1 is 1.10 bits per heavy atom. The molecule has 1 aliphatic rings. The van der Waals surface area contributed by atoms with Crippen LogP contribution in [0.25, 0.3) is 0 Å². The van der Waals surface area contributed by atoms with Crippen LogP contribution in [0, 0.1) is 13.8 Å². The van der Waals surface area contributed by atoms with Crippen molar-refractivity contribution in [3.8, 4) is 0 Å². The highest BCUT2D eigenvalue weighted by molar-refractivity contribution is 7.89. The van der Waals surface area contributed by atoms with Gasteiger partial charge in [0.2, 0.25) is 10.0 Å². The molecule has 1 aromatic carbocycles. The number of nitrogens with zero attached hydrogens (tertiary/aromatic N) is 4. The molecule has 3 rings (SSSR count).